The van der Waals surface area contributed by atoms with Crippen LogP contribution in [0, 0.1) is 0 Å². The fraction of sp³-hybridized carbons (Fsp3) is 0. The van der Waals surface area contributed by atoms with Crippen molar-refractivity contribution in [1.82, 2.24) is 0 Å². The van der Waals surface area contributed by atoms with Gasteiger partial charge >= 0.3 is 111 Å². The van der Waals surface area contributed by atoms with Gasteiger partial charge in [-0.2, -0.15) is 0 Å². The van der Waals surface area contributed by atoms with E-state index in [4.69, 9.17) is 19.2 Å². The molecule has 7 heavy (non-hydrogen) atoms. The Labute approximate surface area is 131 Å². The van der Waals surface area contributed by atoms with E-state index in [9.17, 15) is 0 Å². The van der Waals surface area contributed by atoms with Crippen LogP contribution in [-0.2, 0) is 4.57 Å². The normalized spacial score (nSPS) is 8.43. The summed E-state index contributed by atoms with van der Waals surface area (Å²) < 4.78 is 8.88. The third kappa shape index (κ3) is 44.7. The second-order valence-electron chi connectivity index (χ2n) is 0.513. The summed E-state index contributed by atoms with van der Waals surface area (Å²) >= 11 is 0. The maximum absolute atomic E-state index is 8.88. The first-order chi connectivity index (χ1) is 2.00. The van der Waals surface area contributed by atoms with Gasteiger partial charge in [0.1, 0.15) is 0 Å². The monoisotopic (exact) mass is 181 g/mol. The molecule has 0 amide bonds. The third-order valence-electron chi connectivity index (χ3n) is 0. The fourth-order valence-corrected chi connectivity index (χ4v) is 0. The molecule has 7 heteroatoms. The standard InChI is InChI=1S/2K.H3O4P.H2.2H/c;;1-5(2,3)4;;;/h;;(H3,1,2,3,4);1H;;/q2*+1;;;2*-1/i;;;1+1;;. The van der Waals surface area contributed by atoms with Crippen LogP contribution in [0.1, 0.15) is 4.28 Å². The van der Waals surface area contributed by atoms with E-state index in [0.29, 0.717) is 0 Å². The SMILES string of the molecule is O=P(O)(O)O.[2HH].[H-].[H-].[K+].[K+]. The van der Waals surface area contributed by atoms with Gasteiger partial charge in [0, 0.05) is 1.43 Å². The minimum atomic E-state index is -4.64. The Morgan fingerprint density at radius 3 is 1.29 bits per heavy atom. The minimum Gasteiger partial charge on any atom is -1.00 e. The zero-order chi connectivity index (χ0) is 4.50. The smallest absolute Gasteiger partial charge is 1.00 e. The first-order valence-electron chi connectivity index (χ1n) is 0.783. The first kappa shape index (κ1) is 16.8. The molecule has 0 aromatic rings. The van der Waals surface area contributed by atoms with Crippen molar-refractivity contribution < 1.29 is 126 Å². The summed E-state index contributed by atoms with van der Waals surface area (Å²) in [5, 5.41) is 0. The molecule has 0 saturated carbocycles. The van der Waals surface area contributed by atoms with Crippen molar-refractivity contribution in [3.8, 4) is 0 Å². The molecule has 0 spiro atoms. The van der Waals surface area contributed by atoms with Crippen LogP contribution in [0.3, 0.4) is 0 Å². The molecule has 0 radical (unpaired) electrons. The van der Waals surface area contributed by atoms with Crippen LogP contribution >= 0.6 is 7.82 Å². The summed E-state index contributed by atoms with van der Waals surface area (Å²) in [5.41, 5.74) is 0. The van der Waals surface area contributed by atoms with Crippen LogP contribution < -0.4 is 103 Å². The average molecular weight is 181 g/mol. The van der Waals surface area contributed by atoms with E-state index in [1.807, 2.05) is 0 Å². The Morgan fingerprint density at radius 2 is 1.29 bits per heavy atom. The molecular weight excluding hydrogens is 173 g/mol. The van der Waals surface area contributed by atoms with Crippen LogP contribution in [0.25, 0.3) is 0 Å². The van der Waals surface area contributed by atoms with E-state index in [2.05, 4.69) is 0 Å². The van der Waals surface area contributed by atoms with E-state index in [-0.39, 0.29) is 107 Å². The molecule has 0 unspecified atom stereocenters. The van der Waals surface area contributed by atoms with Crippen LogP contribution in [0.5, 0.6) is 0 Å². The van der Waals surface area contributed by atoms with Gasteiger partial charge in [0.25, 0.3) is 0 Å². The summed E-state index contributed by atoms with van der Waals surface area (Å²) in [5.74, 6) is 0. The molecule has 0 atom stereocenters. The summed E-state index contributed by atoms with van der Waals surface area (Å²) in [7, 11) is -4.64. The van der Waals surface area contributed by atoms with Gasteiger partial charge in [0.2, 0.25) is 0 Å². The molecule has 0 rings (SSSR count). The van der Waals surface area contributed by atoms with Crippen molar-refractivity contribution in [2.45, 2.75) is 0 Å². The molecule has 38 valence electrons. The third-order valence-corrected chi connectivity index (χ3v) is 0. The van der Waals surface area contributed by atoms with E-state index in [1.165, 1.54) is 0 Å². The number of hydrogen-bond acceptors (Lipinski definition) is 1. The molecule has 0 fully saturated rings. The van der Waals surface area contributed by atoms with Crippen molar-refractivity contribution in [1.29, 1.82) is 0 Å². The Bertz CT molecular complexity index is 64.6. The topological polar surface area (TPSA) is 77.8 Å². The van der Waals surface area contributed by atoms with E-state index < -0.39 is 7.82 Å². The fourth-order valence-electron chi connectivity index (χ4n) is 0. The van der Waals surface area contributed by atoms with Gasteiger partial charge in [-0.3, -0.25) is 0 Å². The molecular formula is H7K2O4P. The first-order valence-corrected chi connectivity index (χ1v) is 2.35. The number of phosphoric acid groups is 1. The predicted molar refractivity (Wildman–Crippen MR) is 18.6 cm³/mol. The molecule has 0 aliphatic rings. The summed E-state index contributed by atoms with van der Waals surface area (Å²) in [6.07, 6.45) is 0. The maximum atomic E-state index is 8.88. The molecule has 0 saturated heterocycles. The van der Waals surface area contributed by atoms with Crippen LogP contribution in [0.2, 0.25) is 0 Å². The summed E-state index contributed by atoms with van der Waals surface area (Å²) in [6, 6.07) is 0. The molecule has 0 aromatic heterocycles. The van der Waals surface area contributed by atoms with Gasteiger partial charge in [0.15, 0.2) is 0 Å². The maximum Gasteiger partial charge on any atom is 1.00 e. The van der Waals surface area contributed by atoms with Gasteiger partial charge in [-0.05, 0) is 0 Å². The van der Waals surface area contributed by atoms with E-state index >= 15 is 0 Å². The van der Waals surface area contributed by atoms with Crippen LogP contribution in [0.15, 0.2) is 0 Å². The largest absolute Gasteiger partial charge is 1.00 e. The summed E-state index contributed by atoms with van der Waals surface area (Å²) in [6.45, 7) is 0. The molecule has 0 aliphatic heterocycles. The second kappa shape index (κ2) is 7.49. The Hall–Kier alpha value is 3.38. The Kier molecular flexibility index (Phi) is 17.9. The van der Waals surface area contributed by atoms with Gasteiger partial charge in [-0.1, -0.05) is 0 Å². The minimum absolute atomic E-state index is 0. The van der Waals surface area contributed by atoms with E-state index in [1.54, 1.807) is 0 Å². The molecule has 3 N–H and O–H groups in total. The van der Waals surface area contributed by atoms with Gasteiger partial charge in [0.05, 0.1) is 0 Å². The molecule has 0 bridgehead atoms. The molecule has 0 heterocycles. The average Bonchev–Trinajstić information content (AvgIpc) is 0.722. The molecule has 4 nitrogen and oxygen atoms in total. The van der Waals surface area contributed by atoms with Crippen molar-refractivity contribution in [3.63, 3.8) is 0 Å². The predicted octanol–water partition coefficient (Wildman–Crippen LogP) is -6.45. The second-order valence-corrected chi connectivity index (χ2v) is 1.54. The van der Waals surface area contributed by atoms with Crippen molar-refractivity contribution in [3.05, 3.63) is 0 Å². The quantitative estimate of drug-likeness (QED) is 0.256. The van der Waals surface area contributed by atoms with E-state index in [0.717, 1.165) is 0 Å². The van der Waals surface area contributed by atoms with Gasteiger partial charge in [-0.15, -0.1) is 0 Å². The Balaban J connectivity index is -0.00000000800. The van der Waals surface area contributed by atoms with Crippen LogP contribution in [-0.4, -0.2) is 14.7 Å². The summed E-state index contributed by atoms with van der Waals surface area (Å²) in [4.78, 5) is 21.6. The zero-order valence-corrected chi connectivity index (χ0v) is 11.3. The van der Waals surface area contributed by atoms with Crippen molar-refractivity contribution >= 4 is 7.82 Å². The van der Waals surface area contributed by atoms with Gasteiger partial charge < -0.3 is 17.5 Å². The van der Waals surface area contributed by atoms with Gasteiger partial charge in [-0.25, -0.2) is 4.57 Å². The number of rotatable bonds is 0. The van der Waals surface area contributed by atoms with Crippen molar-refractivity contribution in [2.75, 3.05) is 0 Å². The zero-order valence-electron chi connectivity index (χ0n) is 6.20. The molecule has 0 aromatic carbocycles. The van der Waals surface area contributed by atoms with Crippen molar-refractivity contribution in [2.24, 2.45) is 0 Å². The Morgan fingerprint density at radius 1 is 1.29 bits per heavy atom. The molecule has 0 aliphatic carbocycles. The number of hydrogen-bond donors (Lipinski definition) is 3. The van der Waals surface area contributed by atoms with Crippen LogP contribution in [0.4, 0.5) is 0 Å².